The number of hydrogen-bond donors (Lipinski definition) is 1. The number of hydrogen-bond acceptors (Lipinski definition) is 1. The molecule has 1 atom stereocenters. The highest BCUT2D eigenvalue weighted by Crippen LogP contribution is 2.30. The Hall–Kier alpha value is 0.0900. The van der Waals surface area contributed by atoms with Crippen LogP contribution in [0.2, 0.25) is 0 Å². The van der Waals surface area contributed by atoms with Gasteiger partial charge in [0.1, 0.15) is 0 Å². The van der Waals surface area contributed by atoms with Crippen molar-refractivity contribution in [2.75, 3.05) is 7.05 Å². The van der Waals surface area contributed by atoms with Gasteiger partial charge in [-0.25, -0.2) is 0 Å². The van der Waals surface area contributed by atoms with Gasteiger partial charge >= 0.3 is 0 Å². The third-order valence-corrected chi connectivity index (χ3v) is 4.68. The van der Waals surface area contributed by atoms with Gasteiger partial charge in [0, 0.05) is 12.5 Å². The Kier molecular flexibility index (Phi) is 5.24. The summed E-state index contributed by atoms with van der Waals surface area (Å²) in [5.41, 5.74) is 2.51. The zero-order chi connectivity index (χ0) is 13.1. The molecule has 0 aromatic heterocycles. The summed E-state index contributed by atoms with van der Waals surface area (Å²) in [7, 11) is 1.99. The molecule has 1 N–H and O–H groups in total. The molecule has 4 heteroatoms. The van der Waals surface area contributed by atoms with Crippen molar-refractivity contribution in [1.29, 1.82) is 0 Å². The highest BCUT2D eigenvalue weighted by atomic mass is 127. The van der Waals surface area contributed by atoms with Crippen LogP contribution in [0.25, 0.3) is 0 Å². The lowest BCUT2D eigenvalue weighted by Crippen LogP contribution is -2.18. The fourth-order valence-corrected chi connectivity index (χ4v) is 3.15. The molecule has 1 nitrogen and oxygen atoms in total. The van der Waals surface area contributed by atoms with Gasteiger partial charge in [-0.15, -0.1) is 0 Å². The van der Waals surface area contributed by atoms with Gasteiger partial charge in [0.15, 0.2) is 0 Å². The monoisotopic (exact) mass is 479 g/mol. The molecule has 0 saturated heterocycles. The van der Waals surface area contributed by atoms with Gasteiger partial charge in [-0.2, -0.15) is 0 Å². The van der Waals surface area contributed by atoms with Gasteiger partial charge in [-0.05, 0) is 71.1 Å². The van der Waals surface area contributed by atoms with E-state index in [1.807, 2.05) is 7.05 Å². The number of benzene rings is 2. The first-order valence-electron chi connectivity index (χ1n) is 5.49. The highest BCUT2D eigenvalue weighted by Gasteiger charge is 2.15. The maximum Gasteiger partial charge on any atom is 0.0585 e. The smallest absolute Gasteiger partial charge is 0.0585 e. The number of halogens is 3. The Balaban J connectivity index is 2.44. The molecule has 0 fully saturated rings. The van der Waals surface area contributed by atoms with Crippen LogP contribution in [0.5, 0.6) is 0 Å². The molecule has 0 aliphatic carbocycles. The largest absolute Gasteiger partial charge is 0.309 e. The van der Waals surface area contributed by atoms with Crippen LogP contribution in [-0.4, -0.2) is 7.05 Å². The molecule has 0 spiro atoms. The second-order valence-corrected chi connectivity index (χ2v) is 6.95. The minimum atomic E-state index is 0.196. The first kappa shape index (κ1) is 14.5. The summed E-state index contributed by atoms with van der Waals surface area (Å²) in [4.78, 5) is 0. The van der Waals surface area contributed by atoms with Gasteiger partial charge in [0.25, 0.3) is 0 Å². The minimum absolute atomic E-state index is 0.196. The molecule has 0 bridgehead atoms. The predicted molar refractivity (Wildman–Crippen MR) is 91.9 cm³/mol. The van der Waals surface area contributed by atoms with Gasteiger partial charge in [-0.1, -0.05) is 44.0 Å². The summed E-state index contributed by atoms with van der Waals surface area (Å²) >= 11 is 9.44. The average Bonchev–Trinajstić information content (AvgIpc) is 2.37. The van der Waals surface area contributed by atoms with E-state index in [1.54, 1.807) is 0 Å². The van der Waals surface area contributed by atoms with E-state index < -0.39 is 0 Å². The van der Waals surface area contributed by atoms with Crippen molar-refractivity contribution in [1.82, 2.24) is 5.32 Å². The van der Waals surface area contributed by atoms with E-state index in [0.717, 1.165) is 8.95 Å². The SMILES string of the molecule is CNC(c1ccc(Br)cc1)c1cc(I)ccc1Br. The van der Waals surface area contributed by atoms with E-state index in [-0.39, 0.29) is 6.04 Å². The van der Waals surface area contributed by atoms with E-state index >= 15 is 0 Å². The standard InChI is InChI=1S/C14H12Br2IN/c1-18-14(9-2-4-10(15)5-3-9)12-8-11(17)6-7-13(12)16/h2-8,14,18H,1H3. The summed E-state index contributed by atoms with van der Waals surface area (Å²) in [5, 5.41) is 3.37. The molecule has 18 heavy (non-hydrogen) atoms. The van der Waals surface area contributed by atoms with Crippen molar-refractivity contribution < 1.29 is 0 Å². The summed E-state index contributed by atoms with van der Waals surface area (Å²) in [6.07, 6.45) is 0. The van der Waals surface area contributed by atoms with Gasteiger partial charge < -0.3 is 5.32 Å². The van der Waals surface area contributed by atoms with Crippen LogP contribution in [0.15, 0.2) is 51.4 Å². The van der Waals surface area contributed by atoms with Crippen LogP contribution in [0, 0.1) is 3.57 Å². The lowest BCUT2D eigenvalue weighted by atomic mass is 9.99. The molecule has 0 radical (unpaired) electrons. The molecule has 0 saturated carbocycles. The van der Waals surface area contributed by atoms with Crippen LogP contribution < -0.4 is 5.32 Å². The van der Waals surface area contributed by atoms with Crippen LogP contribution >= 0.6 is 54.5 Å². The molecular weight excluding hydrogens is 469 g/mol. The quantitative estimate of drug-likeness (QED) is 0.601. The van der Waals surface area contributed by atoms with Crippen molar-refractivity contribution in [3.63, 3.8) is 0 Å². The molecule has 1 unspecified atom stereocenters. The fraction of sp³-hybridized carbons (Fsp3) is 0.143. The predicted octanol–water partition coefficient (Wildman–Crippen LogP) is 5.13. The molecular formula is C14H12Br2IN. The lowest BCUT2D eigenvalue weighted by Gasteiger charge is -2.19. The third-order valence-electron chi connectivity index (χ3n) is 2.76. The molecule has 0 aliphatic rings. The summed E-state index contributed by atoms with van der Waals surface area (Å²) in [6, 6.07) is 15.0. The van der Waals surface area contributed by atoms with Crippen molar-refractivity contribution in [2.24, 2.45) is 0 Å². The Bertz CT molecular complexity index is 540. The van der Waals surface area contributed by atoms with Crippen molar-refractivity contribution in [2.45, 2.75) is 6.04 Å². The Morgan fingerprint density at radius 3 is 2.33 bits per heavy atom. The van der Waals surface area contributed by atoms with Crippen LogP contribution in [-0.2, 0) is 0 Å². The molecule has 94 valence electrons. The minimum Gasteiger partial charge on any atom is -0.309 e. The number of nitrogens with one attached hydrogen (secondary N) is 1. The summed E-state index contributed by atoms with van der Waals surface area (Å²) in [5.74, 6) is 0. The topological polar surface area (TPSA) is 12.0 Å². The lowest BCUT2D eigenvalue weighted by molar-refractivity contribution is 0.688. The fourth-order valence-electron chi connectivity index (χ4n) is 1.89. The van der Waals surface area contributed by atoms with E-state index in [0.29, 0.717) is 0 Å². The van der Waals surface area contributed by atoms with Crippen molar-refractivity contribution >= 4 is 54.5 Å². The zero-order valence-electron chi connectivity index (χ0n) is 9.75. The first-order valence-corrected chi connectivity index (χ1v) is 8.16. The third kappa shape index (κ3) is 3.35. The molecule has 0 aliphatic heterocycles. The molecule has 2 aromatic rings. The molecule has 0 heterocycles. The van der Waals surface area contributed by atoms with Crippen LogP contribution in [0.4, 0.5) is 0 Å². The zero-order valence-corrected chi connectivity index (χ0v) is 15.1. The molecule has 2 aromatic carbocycles. The van der Waals surface area contributed by atoms with E-state index in [1.165, 1.54) is 14.7 Å². The second kappa shape index (κ2) is 6.50. The van der Waals surface area contributed by atoms with Gasteiger partial charge in [0.05, 0.1) is 6.04 Å². The van der Waals surface area contributed by atoms with Gasteiger partial charge in [0.2, 0.25) is 0 Å². The summed E-state index contributed by atoms with van der Waals surface area (Å²) < 4.78 is 3.47. The van der Waals surface area contributed by atoms with E-state index in [4.69, 9.17) is 0 Å². The van der Waals surface area contributed by atoms with Gasteiger partial charge in [-0.3, -0.25) is 0 Å². The maximum atomic E-state index is 3.63. The molecule has 2 rings (SSSR count). The Morgan fingerprint density at radius 1 is 1.06 bits per heavy atom. The Labute approximate surface area is 138 Å². The van der Waals surface area contributed by atoms with Crippen molar-refractivity contribution in [3.05, 3.63) is 66.1 Å². The second-order valence-electron chi connectivity index (χ2n) is 3.94. The molecule has 0 amide bonds. The van der Waals surface area contributed by atoms with Crippen LogP contribution in [0.1, 0.15) is 17.2 Å². The maximum absolute atomic E-state index is 3.63. The average molecular weight is 481 g/mol. The number of rotatable bonds is 3. The first-order chi connectivity index (χ1) is 8.61. The van der Waals surface area contributed by atoms with Crippen LogP contribution in [0.3, 0.4) is 0 Å². The van der Waals surface area contributed by atoms with E-state index in [9.17, 15) is 0 Å². The normalized spacial score (nSPS) is 12.4. The summed E-state index contributed by atoms with van der Waals surface area (Å²) in [6.45, 7) is 0. The highest BCUT2D eigenvalue weighted by molar-refractivity contribution is 14.1. The van der Waals surface area contributed by atoms with Crippen molar-refractivity contribution in [3.8, 4) is 0 Å². The van der Waals surface area contributed by atoms with E-state index in [2.05, 4.69) is 102 Å². The Morgan fingerprint density at radius 2 is 1.72 bits per heavy atom.